The number of fused-ring (bicyclic) bond motifs is 5. The van der Waals surface area contributed by atoms with Crippen molar-refractivity contribution in [3.05, 3.63) is 11.6 Å². The summed E-state index contributed by atoms with van der Waals surface area (Å²) < 4.78 is 11.9. The molecule has 4 unspecified atom stereocenters. The number of carbonyl (C=O) groups is 1. The van der Waals surface area contributed by atoms with Gasteiger partial charge in [0.15, 0.2) is 0 Å². The zero-order valence-electron chi connectivity index (χ0n) is 15.6. The van der Waals surface area contributed by atoms with Gasteiger partial charge in [-0.3, -0.25) is 0 Å². The standard InChI is InChI=1S/C19H31NO5/c1-4-20-18(21)22-17-6-5-7-19(12-17)23-13(2)8-15-10-16(11-15)9-14(3)24-25-19/h9,13-15,17H,4-8,10-12H2,1-3H3,(H,20,21). The number of allylic oxidation sites excluding steroid dienone is 1. The van der Waals surface area contributed by atoms with E-state index in [0.717, 1.165) is 38.5 Å². The quantitative estimate of drug-likeness (QED) is 0.603. The van der Waals surface area contributed by atoms with Gasteiger partial charge in [-0.25, -0.2) is 14.6 Å². The minimum atomic E-state index is -0.837. The molecule has 4 aliphatic rings. The topological polar surface area (TPSA) is 66.0 Å². The molecule has 0 saturated heterocycles. The highest BCUT2D eigenvalue weighted by Crippen LogP contribution is 2.41. The van der Waals surface area contributed by atoms with Gasteiger partial charge in [-0.2, -0.15) is 0 Å². The third-order valence-corrected chi connectivity index (χ3v) is 5.22. The number of rotatable bonds is 2. The monoisotopic (exact) mass is 353 g/mol. The van der Waals surface area contributed by atoms with Crippen LogP contribution in [0.15, 0.2) is 11.6 Å². The average Bonchev–Trinajstić information content (AvgIpc) is 2.54. The largest absolute Gasteiger partial charge is 0.446 e. The molecule has 2 bridgehead atoms. The van der Waals surface area contributed by atoms with Crippen molar-refractivity contribution in [1.29, 1.82) is 0 Å². The predicted molar refractivity (Wildman–Crippen MR) is 92.7 cm³/mol. The second-order valence-electron chi connectivity index (χ2n) is 7.71. The Balaban J connectivity index is 1.67. The van der Waals surface area contributed by atoms with Gasteiger partial charge in [-0.05, 0) is 58.8 Å². The molecule has 0 aromatic heterocycles. The zero-order chi connectivity index (χ0) is 17.9. The molecule has 2 heterocycles. The number of amides is 1. The first-order valence-electron chi connectivity index (χ1n) is 9.64. The van der Waals surface area contributed by atoms with Crippen molar-refractivity contribution in [3.8, 4) is 0 Å². The van der Waals surface area contributed by atoms with Gasteiger partial charge < -0.3 is 14.8 Å². The number of carbonyl (C=O) groups excluding carboxylic acids is 1. The Morgan fingerprint density at radius 1 is 1.40 bits per heavy atom. The van der Waals surface area contributed by atoms with Gasteiger partial charge in [-0.15, -0.1) is 0 Å². The molecular formula is C19H31NO5. The summed E-state index contributed by atoms with van der Waals surface area (Å²) in [7, 11) is 0. The zero-order valence-corrected chi connectivity index (χ0v) is 15.6. The summed E-state index contributed by atoms with van der Waals surface area (Å²) in [4.78, 5) is 23.3. The van der Waals surface area contributed by atoms with Gasteiger partial charge >= 0.3 is 6.09 Å². The van der Waals surface area contributed by atoms with Crippen LogP contribution in [-0.2, 0) is 19.2 Å². The van der Waals surface area contributed by atoms with Gasteiger partial charge in [0, 0.05) is 19.4 Å². The first-order valence-corrected chi connectivity index (χ1v) is 9.64. The van der Waals surface area contributed by atoms with Crippen LogP contribution in [0.25, 0.3) is 0 Å². The number of ether oxygens (including phenoxy) is 2. The lowest BCUT2D eigenvalue weighted by Crippen LogP contribution is -2.47. The molecule has 1 N–H and O–H groups in total. The highest BCUT2D eigenvalue weighted by atomic mass is 17.2. The second-order valence-corrected chi connectivity index (χ2v) is 7.71. The smallest absolute Gasteiger partial charge is 0.407 e. The van der Waals surface area contributed by atoms with Crippen LogP contribution in [0, 0.1) is 5.92 Å². The third-order valence-electron chi connectivity index (χ3n) is 5.22. The average molecular weight is 353 g/mol. The fourth-order valence-electron chi connectivity index (χ4n) is 4.18. The van der Waals surface area contributed by atoms with E-state index in [9.17, 15) is 4.79 Å². The van der Waals surface area contributed by atoms with E-state index >= 15 is 0 Å². The van der Waals surface area contributed by atoms with E-state index in [-0.39, 0.29) is 24.4 Å². The Morgan fingerprint density at radius 2 is 2.20 bits per heavy atom. The predicted octanol–water partition coefficient (Wildman–Crippen LogP) is 3.85. The number of hydrogen-bond donors (Lipinski definition) is 1. The summed E-state index contributed by atoms with van der Waals surface area (Å²) in [5.41, 5.74) is 1.45. The van der Waals surface area contributed by atoms with Crippen LogP contribution in [0.5, 0.6) is 0 Å². The highest BCUT2D eigenvalue weighted by Gasteiger charge is 2.44. The molecule has 4 rings (SSSR count). The van der Waals surface area contributed by atoms with E-state index in [2.05, 4.69) is 18.3 Å². The summed E-state index contributed by atoms with van der Waals surface area (Å²) in [5, 5.41) is 2.68. The lowest BCUT2D eigenvalue weighted by atomic mass is 9.76. The van der Waals surface area contributed by atoms with Gasteiger partial charge in [-0.1, -0.05) is 11.6 Å². The molecule has 2 aliphatic carbocycles. The van der Waals surface area contributed by atoms with Crippen LogP contribution < -0.4 is 5.32 Å². The fraction of sp³-hybridized carbons (Fsp3) is 0.842. The number of alkyl carbamates (subject to hydrolysis) is 1. The molecule has 1 amide bonds. The first kappa shape index (κ1) is 18.7. The first-order chi connectivity index (χ1) is 12.0. The summed E-state index contributed by atoms with van der Waals surface area (Å²) in [5.74, 6) is -0.148. The maximum absolute atomic E-state index is 11.8. The maximum atomic E-state index is 11.8. The van der Waals surface area contributed by atoms with Crippen LogP contribution in [0.4, 0.5) is 4.79 Å². The Bertz CT molecular complexity index is 500. The van der Waals surface area contributed by atoms with Crippen molar-refractivity contribution in [2.45, 2.75) is 89.8 Å². The maximum Gasteiger partial charge on any atom is 0.407 e. The van der Waals surface area contributed by atoms with E-state index in [1.165, 1.54) is 5.57 Å². The molecule has 1 spiro atoms. The molecule has 2 fully saturated rings. The molecule has 4 atom stereocenters. The molecule has 0 radical (unpaired) electrons. The highest BCUT2D eigenvalue weighted by molar-refractivity contribution is 5.67. The number of hydrogen-bond acceptors (Lipinski definition) is 5. The van der Waals surface area contributed by atoms with Crippen molar-refractivity contribution in [2.24, 2.45) is 5.92 Å². The fourth-order valence-corrected chi connectivity index (χ4v) is 4.18. The van der Waals surface area contributed by atoms with E-state index in [0.29, 0.717) is 18.9 Å². The normalized spacial score (nSPS) is 38.9. The summed E-state index contributed by atoms with van der Waals surface area (Å²) in [6, 6.07) is 0. The summed E-state index contributed by atoms with van der Waals surface area (Å²) in [6.07, 6.45) is 7.79. The van der Waals surface area contributed by atoms with Crippen molar-refractivity contribution in [2.75, 3.05) is 6.54 Å². The molecule has 2 saturated carbocycles. The van der Waals surface area contributed by atoms with Crippen LogP contribution in [-0.4, -0.2) is 36.7 Å². The van der Waals surface area contributed by atoms with Crippen molar-refractivity contribution in [3.63, 3.8) is 0 Å². The lowest BCUT2D eigenvalue weighted by Gasteiger charge is -2.41. The van der Waals surface area contributed by atoms with Crippen LogP contribution in [0.3, 0.4) is 0 Å². The summed E-state index contributed by atoms with van der Waals surface area (Å²) in [6.45, 7) is 6.51. The minimum Gasteiger partial charge on any atom is -0.446 e. The Labute approximate surface area is 150 Å². The van der Waals surface area contributed by atoms with Crippen molar-refractivity contribution < 1.29 is 24.0 Å². The van der Waals surface area contributed by atoms with E-state index in [1.807, 2.05) is 13.8 Å². The Hall–Kier alpha value is -1.11. The summed E-state index contributed by atoms with van der Waals surface area (Å²) >= 11 is 0. The molecule has 0 aromatic carbocycles. The Morgan fingerprint density at radius 3 is 2.96 bits per heavy atom. The van der Waals surface area contributed by atoms with E-state index in [1.54, 1.807) is 0 Å². The number of nitrogens with one attached hydrogen (secondary N) is 1. The van der Waals surface area contributed by atoms with Crippen molar-refractivity contribution >= 4 is 6.09 Å². The van der Waals surface area contributed by atoms with Crippen LogP contribution in [0.1, 0.15) is 65.7 Å². The van der Waals surface area contributed by atoms with Crippen molar-refractivity contribution in [1.82, 2.24) is 5.32 Å². The third kappa shape index (κ3) is 4.96. The Kier molecular flexibility index (Phi) is 6.02. The second kappa shape index (κ2) is 8.06. The van der Waals surface area contributed by atoms with Gasteiger partial charge in [0.1, 0.15) is 12.2 Å². The SMILES string of the molecule is CCNC(=O)OC1CCCC2(C1)OOC(C)C=C1CC(C1)CC(C)O2. The van der Waals surface area contributed by atoms with E-state index < -0.39 is 5.79 Å². The molecule has 25 heavy (non-hydrogen) atoms. The molecular weight excluding hydrogens is 322 g/mol. The molecule has 6 heteroatoms. The van der Waals surface area contributed by atoms with Gasteiger partial charge in [0.2, 0.25) is 5.79 Å². The molecule has 142 valence electrons. The van der Waals surface area contributed by atoms with Gasteiger partial charge in [0.05, 0.1) is 6.10 Å². The molecule has 0 aromatic rings. The van der Waals surface area contributed by atoms with Crippen LogP contribution in [0.2, 0.25) is 0 Å². The molecule has 2 aliphatic heterocycles. The van der Waals surface area contributed by atoms with E-state index in [4.69, 9.17) is 19.2 Å². The van der Waals surface area contributed by atoms with Gasteiger partial charge in [0.25, 0.3) is 0 Å². The van der Waals surface area contributed by atoms with Crippen LogP contribution >= 0.6 is 0 Å². The lowest BCUT2D eigenvalue weighted by molar-refractivity contribution is -0.453. The minimum absolute atomic E-state index is 0.0896. The molecule has 6 nitrogen and oxygen atoms in total.